The second kappa shape index (κ2) is 6.37. The van der Waals surface area contributed by atoms with Gasteiger partial charge in [0.15, 0.2) is 5.65 Å². The van der Waals surface area contributed by atoms with E-state index in [9.17, 15) is 19.0 Å². The summed E-state index contributed by atoms with van der Waals surface area (Å²) in [5.74, 6) is -1.01. The highest BCUT2D eigenvalue weighted by molar-refractivity contribution is 6.30. The number of halogens is 3. The molecule has 0 unspecified atom stereocenters. The van der Waals surface area contributed by atoms with E-state index >= 15 is 0 Å². The van der Waals surface area contributed by atoms with E-state index in [1.807, 2.05) is 0 Å². The predicted octanol–water partition coefficient (Wildman–Crippen LogP) is 2.89. The van der Waals surface area contributed by atoms with E-state index in [1.165, 1.54) is 18.2 Å². The number of fused-ring (bicyclic) bond motifs is 2. The molecular formula is C19H17ClF2N4O2. The zero-order valence-corrected chi connectivity index (χ0v) is 15.3. The van der Waals surface area contributed by atoms with E-state index in [2.05, 4.69) is 15.3 Å². The van der Waals surface area contributed by atoms with Gasteiger partial charge in [0.1, 0.15) is 28.4 Å². The van der Waals surface area contributed by atoms with Crippen LogP contribution >= 0.6 is 11.6 Å². The molecule has 2 fully saturated rings. The lowest BCUT2D eigenvalue weighted by molar-refractivity contribution is 0.00386. The van der Waals surface area contributed by atoms with E-state index in [0.29, 0.717) is 16.9 Å². The predicted molar refractivity (Wildman–Crippen MR) is 98.9 cm³/mol. The topological polar surface area (TPSA) is 83.2 Å². The summed E-state index contributed by atoms with van der Waals surface area (Å²) >= 11 is 6.16. The summed E-state index contributed by atoms with van der Waals surface area (Å²) < 4.78 is 29.5. The maximum absolute atomic E-state index is 13.9. The van der Waals surface area contributed by atoms with Crippen LogP contribution in [-0.2, 0) is 6.54 Å². The summed E-state index contributed by atoms with van der Waals surface area (Å²) in [6, 6.07) is 4.92. The number of aliphatic hydroxyl groups is 2. The van der Waals surface area contributed by atoms with Crippen molar-refractivity contribution in [3.63, 3.8) is 0 Å². The lowest BCUT2D eigenvalue weighted by Gasteiger charge is -2.22. The average Bonchev–Trinajstić information content (AvgIpc) is 3.26. The van der Waals surface area contributed by atoms with Crippen LogP contribution in [0.3, 0.4) is 0 Å². The first kappa shape index (κ1) is 17.8. The third-order valence-corrected chi connectivity index (χ3v) is 6.00. The summed E-state index contributed by atoms with van der Waals surface area (Å²) in [6.45, 7) is -0.0870. The fourth-order valence-corrected chi connectivity index (χ4v) is 4.50. The number of rotatable bonds is 4. The third-order valence-electron chi connectivity index (χ3n) is 5.81. The molecule has 2 aliphatic carbocycles. The first-order valence-corrected chi connectivity index (χ1v) is 9.39. The van der Waals surface area contributed by atoms with Crippen LogP contribution in [0.15, 0.2) is 30.6 Å². The molecule has 9 heteroatoms. The largest absolute Gasteiger partial charge is 0.390 e. The van der Waals surface area contributed by atoms with Crippen LogP contribution in [0.5, 0.6) is 0 Å². The van der Waals surface area contributed by atoms with E-state index in [1.54, 1.807) is 17.0 Å². The molecule has 3 aromatic rings. The zero-order valence-electron chi connectivity index (χ0n) is 14.6. The molecule has 3 N–H and O–H groups in total. The van der Waals surface area contributed by atoms with Crippen molar-refractivity contribution >= 4 is 28.5 Å². The van der Waals surface area contributed by atoms with Crippen molar-refractivity contribution in [2.75, 3.05) is 5.32 Å². The van der Waals surface area contributed by atoms with Gasteiger partial charge in [0, 0.05) is 18.2 Å². The van der Waals surface area contributed by atoms with Crippen LogP contribution in [0.25, 0.3) is 11.2 Å². The van der Waals surface area contributed by atoms with Crippen molar-refractivity contribution < 1.29 is 19.0 Å². The van der Waals surface area contributed by atoms with Crippen LogP contribution in [0.2, 0.25) is 5.15 Å². The molecule has 2 aromatic heterocycles. The molecule has 6 nitrogen and oxygen atoms in total. The molecule has 5 rings (SSSR count). The molecule has 2 saturated carbocycles. The Kier molecular flexibility index (Phi) is 4.04. The van der Waals surface area contributed by atoms with Gasteiger partial charge >= 0.3 is 0 Å². The van der Waals surface area contributed by atoms with Gasteiger partial charge in [-0.1, -0.05) is 17.7 Å². The van der Waals surface area contributed by atoms with E-state index < -0.39 is 23.8 Å². The molecule has 0 amide bonds. The highest BCUT2D eigenvalue weighted by Crippen LogP contribution is 2.58. The number of pyridine rings is 1. The molecule has 2 heterocycles. The van der Waals surface area contributed by atoms with E-state index in [4.69, 9.17) is 11.6 Å². The second-order valence-electron chi connectivity index (χ2n) is 7.41. The summed E-state index contributed by atoms with van der Waals surface area (Å²) in [5.41, 5.74) is 1.33. The Hall–Kier alpha value is -2.29. The monoisotopic (exact) mass is 406 g/mol. The van der Waals surface area contributed by atoms with Crippen molar-refractivity contribution in [1.29, 1.82) is 0 Å². The molecule has 28 heavy (non-hydrogen) atoms. The van der Waals surface area contributed by atoms with Crippen LogP contribution in [0, 0.1) is 23.5 Å². The van der Waals surface area contributed by atoms with Gasteiger partial charge in [0.25, 0.3) is 0 Å². The lowest BCUT2D eigenvalue weighted by atomic mass is 10.1. The minimum absolute atomic E-state index is 0.0850. The Morgan fingerprint density at radius 2 is 1.93 bits per heavy atom. The molecule has 0 bridgehead atoms. The molecular weight excluding hydrogens is 390 g/mol. The van der Waals surface area contributed by atoms with Gasteiger partial charge in [-0.2, -0.15) is 0 Å². The van der Waals surface area contributed by atoms with E-state index in [-0.39, 0.29) is 35.1 Å². The number of aromatic nitrogens is 3. The summed E-state index contributed by atoms with van der Waals surface area (Å²) in [5, 5.41) is 23.7. The Morgan fingerprint density at radius 1 is 1.18 bits per heavy atom. The van der Waals surface area contributed by atoms with Crippen molar-refractivity contribution in [2.45, 2.75) is 31.2 Å². The van der Waals surface area contributed by atoms with Gasteiger partial charge in [0.05, 0.1) is 24.2 Å². The molecule has 1 aromatic carbocycles. The smallest absolute Gasteiger partial charge is 0.164 e. The number of nitrogens with zero attached hydrogens (tertiary/aromatic N) is 3. The van der Waals surface area contributed by atoms with E-state index in [0.717, 1.165) is 6.42 Å². The quantitative estimate of drug-likeness (QED) is 0.580. The summed E-state index contributed by atoms with van der Waals surface area (Å²) in [6.07, 6.45) is 0.754. The lowest BCUT2D eigenvalue weighted by Crippen LogP contribution is -2.31. The molecule has 146 valence electrons. The van der Waals surface area contributed by atoms with Crippen molar-refractivity contribution in [1.82, 2.24) is 14.5 Å². The van der Waals surface area contributed by atoms with Crippen molar-refractivity contribution in [2.24, 2.45) is 11.8 Å². The molecule has 5 atom stereocenters. The minimum Gasteiger partial charge on any atom is -0.390 e. The first-order valence-electron chi connectivity index (χ1n) is 9.01. The number of imidazole rings is 1. The fourth-order valence-electron chi connectivity index (χ4n) is 4.31. The van der Waals surface area contributed by atoms with Gasteiger partial charge in [-0.05, 0) is 30.4 Å². The number of hydrogen-bond donors (Lipinski definition) is 3. The second-order valence-corrected chi connectivity index (χ2v) is 7.79. The van der Waals surface area contributed by atoms with Gasteiger partial charge in [0.2, 0.25) is 0 Å². The van der Waals surface area contributed by atoms with Crippen LogP contribution in [0.4, 0.5) is 14.5 Å². The number of benzene rings is 1. The van der Waals surface area contributed by atoms with Gasteiger partial charge < -0.3 is 20.1 Å². The highest BCUT2D eigenvalue weighted by Gasteiger charge is 2.60. The first-order chi connectivity index (χ1) is 13.5. The standard InChI is InChI=1S/C19H17ClF2N4O2/c20-14-5-13(23-6-10-11(21)2-1-3-12(10)22)15-19(25-14)26(7-24-15)16-8-4-9(8)17(27)18(16)28/h1-3,5,7-9,16-18,27-28H,4,6H2,(H,23,25)/t8-,9+,16+,17+,18-/m0/s1. The normalized spacial score (nSPS) is 28.5. The maximum atomic E-state index is 13.9. The zero-order chi connectivity index (χ0) is 19.6. The van der Waals surface area contributed by atoms with Crippen molar-refractivity contribution in [3.8, 4) is 0 Å². The third kappa shape index (κ3) is 2.67. The number of anilines is 1. The SMILES string of the molecule is O[C@@H]1[C@H](O)[C@@H]2C[C@@H]2[C@H]1n1cnc2c(NCc3c(F)cccc3F)cc(Cl)nc21. The molecule has 0 saturated heterocycles. The Balaban J connectivity index is 1.50. The van der Waals surface area contributed by atoms with Crippen LogP contribution in [0.1, 0.15) is 18.0 Å². The van der Waals surface area contributed by atoms with Crippen molar-refractivity contribution in [3.05, 3.63) is 52.9 Å². The minimum atomic E-state index is -0.897. The highest BCUT2D eigenvalue weighted by atomic mass is 35.5. The fraction of sp³-hybridized carbons (Fsp3) is 0.368. The number of aliphatic hydroxyl groups excluding tert-OH is 2. The molecule has 0 spiro atoms. The Bertz CT molecular complexity index is 1060. The molecule has 0 radical (unpaired) electrons. The Labute approximate surface area is 163 Å². The number of hydrogen-bond acceptors (Lipinski definition) is 5. The van der Waals surface area contributed by atoms with Gasteiger partial charge in [-0.25, -0.2) is 18.7 Å². The number of nitrogens with one attached hydrogen (secondary N) is 1. The van der Waals surface area contributed by atoms with Gasteiger partial charge in [-0.3, -0.25) is 0 Å². The summed E-state index contributed by atoms with van der Waals surface area (Å²) in [7, 11) is 0. The maximum Gasteiger partial charge on any atom is 0.164 e. The Morgan fingerprint density at radius 3 is 2.61 bits per heavy atom. The summed E-state index contributed by atoms with van der Waals surface area (Å²) in [4.78, 5) is 8.70. The van der Waals surface area contributed by atoms with Gasteiger partial charge in [-0.15, -0.1) is 0 Å². The molecule has 2 aliphatic rings. The molecule has 0 aliphatic heterocycles. The van der Waals surface area contributed by atoms with Crippen LogP contribution < -0.4 is 5.32 Å². The average molecular weight is 407 g/mol. The van der Waals surface area contributed by atoms with Crippen LogP contribution in [-0.4, -0.2) is 37.0 Å².